The van der Waals surface area contributed by atoms with Gasteiger partial charge in [0.1, 0.15) is 0 Å². The fourth-order valence-electron chi connectivity index (χ4n) is 1.08. The molecule has 0 aliphatic rings. The molecule has 0 bridgehead atoms. The van der Waals surface area contributed by atoms with E-state index in [1.54, 1.807) is 0 Å². The minimum atomic E-state index is 0.673. The van der Waals surface area contributed by atoms with Crippen molar-refractivity contribution in [3.8, 4) is 0 Å². The van der Waals surface area contributed by atoms with Crippen molar-refractivity contribution in [3.05, 3.63) is 0 Å². The van der Waals surface area contributed by atoms with E-state index in [0.29, 0.717) is 13.2 Å². The van der Waals surface area contributed by atoms with Gasteiger partial charge in [-0.3, -0.25) is 0 Å². The molecule has 0 rings (SSSR count). The van der Waals surface area contributed by atoms with Crippen LogP contribution in [-0.4, -0.2) is 13.2 Å². The number of rotatable bonds is 9. The summed E-state index contributed by atoms with van der Waals surface area (Å²) in [7, 11) is 0. The highest BCUT2D eigenvalue weighted by atomic mass is 16.6. The molecule has 0 aliphatic carbocycles. The normalized spacial score (nSPS) is 10.5. The maximum absolute atomic E-state index is 4.88. The quantitative estimate of drug-likeness (QED) is 0.408. The minimum absolute atomic E-state index is 0.673. The van der Waals surface area contributed by atoms with Gasteiger partial charge in [0.25, 0.3) is 0 Å². The molecule has 0 fully saturated rings. The first-order valence-corrected chi connectivity index (χ1v) is 4.55. The maximum Gasteiger partial charge on any atom is 0.0679 e. The zero-order valence-electron chi connectivity index (χ0n) is 7.63. The second kappa shape index (κ2) is 10.8. The van der Waals surface area contributed by atoms with Crippen molar-refractivity contribution in [2.24, 2.45) is 11.8 Å². The zero-order valence-corrected chi connectivity index (χ0v) is 7.63. The van der Waals surface area contributed by atoms with Gasteiger partial charge in [-0.05, 0) is 12.8 Å². The van der Waals surface area contributed by atoms with Gasteiger partial charge >= 0.3 is 0 Å². The SMILES string of the molecule is NOCCCCCCCCON. The second-order valence-corrected chi connectivity index (χ2v) is 2.86. The summed E-state index contributed by atoms with van der Waals surface area (Å²) < 4.78 is 0. The average molecular weight is 176 g/mol. The van der Waals surface area contributed by atoms with Crippen molar-refractivity contribution in [2.75, 3.05) is 13.2 Å². The molecule has 0 aliphatic heterocycles. The summed E-state index contributed by atoms with van der Waals surface area (Å²) in [6.07, 6.45) is 7.00. The van der Waals surface area contributed by atoms with Gasteiger partial charge in [0.15, 0.2) is 0 Å². The van der Waals surface area contributed by atoms with Crippen molar-refractivity contribution < 1.29 is 9.68 Å². The second-order valence-electron chi connectivity index (χ2n) is 2.86. The molecule has 4 nitrogen and oxygen atoms in total. The molecule has 0 aromatic carbocycles. The monoisotopic (exact) mass is 176 g/mol. The zero-order chi connectivity index (χ0) is 9.07. The summed E-state index contributed by atoms with van der Waals surface area (Å²) in [6.45, 7) is 1.35. The fraction of sp³-hybridized carbons (Fsp3) is 1.00. The van der Waals surface area contributed by atoms with E-state index >= 15 is 0 Å². The number of nitrogens with two attached hydrogens (primary N) is 2. The third-order valence-corrected chi connectivity index (χ3v) is 1.77. The molecule has 0 atom stereocenters. The lowest BCUT2D eigenvalue weighted by molar-refractivity contribution is 0.130. The van der Waals surface area contributed by atoms with Gasteiger partial charge in [0.2, 0.25) is 0 Å². The third kappa shape index (κ3) is 9.84. The maximum atomic E-state index is 4.88. The Morgan fingerprint density at radius 3 is 1.25 bits per heavy atom. The molecule has 0 amide bonds. The van der Waals surface area contributed by atoms with Crippen LogP contribution in [0.1, 0.15) is 38.5 Å². The van der Waals surface area contributed by atoms with Crippen LogP contribution in [0.4, 0.5) is 0 Å². The lowest BCUT2D eigenvalue weighted by atomic mass is 10.1. The summed E-state index contributed by atoms with van der Waals surface area (Å²) in [5.41, 5.74) is 0. The summed E-state index contributed by atoms with van der Waals surface area (Å²) in [5.74, 6) is 9.76. The smallest absolute Gasteiger partial charge is 0.0679 e. The van der Waals surface area contributed by atoms with Gasteiger partial charge < -0.3 is 9.68 Å². The predicted molar refractivity (Wildman–Crippen MR) is 48.0 cm³/mol. The topological polar surface area (TPSA) is 70.5 Å². The molecule has 0 saturated heterocycles. The van der Waals surface area contributed by atoms with Gasteiger partial charge in [-0.1, -0.05) is 25.7 Å². The first-order valence-electron chi connectivity index (χ1n) is 4.55. The largest absolute Gasteiger partial charge is 0.305 e. The van der Waals surface area contributed by atoms with E-state index in [-0.39, 0.29) is 0 Å². The summed E-state index contributed by atoms with van der Waals surface area (Å²) in [4.78, 5) is 8.90. The Morgan fingerprint density at radius 1 is 0.583 bits per heavy atom. The highest BCUT2D eigenvalue weighted by Crippen LogP contribution is 2.04. The molecule has 74 valence electrons. The molecule has 12 heavy (non-hydrogen) atoms. The van der Waals surface area contributed by atoms with E-state index in [9.17, 15) is 0 Å². The Hall–Kier alpha value is -0.160. The van der Waals surface area contributed by atoms with Gasteiger partial charge in [-0.15, -0.1) is 0 Å². The Bertz CT molecular complexity index is 71.5. The molecule has 4 N–H and O–H groups in total. The van der Waals surface area contributed by atoms with Crippen LogP contribution in [0, 0.1) is 0 Å². The van der Waals surface area contributed by atoms with Crippen LogP contribution in [-0.2, 0) is 9.68 Å². The molecular weight excluding hydrogens is 156 g/mol. The van der Waals surface area contributed by atoms with E-state index in [1.165, 1.54) is 25.7 Å². The lowest BCUT2D eigenvalue weighted by Crippen LogP contribution is -2.01. The van der Waals surface area contributed by atoms with E-state index in [4.69, 9.17) is 11.8 Å². The molecular formula is C8H20N2O2. The molecule has 0 heterocycles. The number of hydrogen-bond donors (Lipinski definition) is 2. The molecule has 0 radical (unpaired) electrons. The molecule has 0 aromatic rings. The number of hydrogen-bond acceptors (Lipinski definition) is 4. The van der Waals surface area contributed by atoms with Crippen molar-refractivity contribution in [3.63, 3.8) is 0 Å². The third-order valence-electron chi connectivity index (χ3n) is 1.77. The predicted octanol–water partition coefficient (Wildman–Crippen LogP) is 1.11. The van der Waals surface area contributed by atoms with Gasteiger partial charge in [-0.25, -0.2) is 11.8 Å². The summed E-state index contributed by atoms with van der Waals surface area (Å²) >= 11 is 0. The van der Waals surface area contributed by atoms with Crippen LogP contribution in [0.5, 0.6) is 0 Å². The Morgan fingerprint density at radius 2 is 0.917 bits per heavy atom. The summed E-state index contributed by atoms with van der Waals surface area (Å²) in [5, 5.41) is 0. The van der Waals surface area contributed by atoms with E-state index in [2.05, 4.69) is 9.68 Å². The van der Waals surface area contributed by atoms with E-state index in [1.807, 2.05) is 0 Å². The van der Waals surface area contributed by atoms with E-state index < -0.39 is 0 Å². The standard InChI is InChI=1S/C8H20N2O2/c9-11-7-5-3-1-2-4-6-8-12-10/h1-10H2. The van der Waals surface area contributed by atoms with Gasteiger partial charge in [-0.2, -0.15) is 0 Å². The molecule has 0 spiro atoms. The van der Waals surface area contributed by atoms with Crippen LogP contribution in [0.25, 0.3) is 0 Å². The van der Waals surface area contributed by atoms with Crippen molar-refractivity contribution in [2.45, 2.75) is 38.5 Å². The molecule has 0 aromatic heterocycles. The molecule has 0 unspecified atom stereocenters. The highest BCUT2D eigenvalue weighted by Gasteiger charge is 1.90. The van der Waals surface area contributed by atoms with Crippen LogP contribution >= 0.6 is 0 Å². The lowest BCUT2D eigenvalue weighted by Gasteiger charge is -2.00. The Balaban J connectivity index is 2.73. The Kier molecular flexibility index (Phi) is 10.7. The van der Waals surface area contributed by atoms with Crippen LogP contribution in [0.15, 0.2) is 0 Å². The Labute approximate surface area is 74.1 Å². The highest BCUT2D eigenvalue weighted by molar-refractivity contribution is 4.44. The number of unbranched alkanes of at least 4 members (excludes halogenated alkanes) is 5. The minimum Gasteiger partial charge on any atom is -0.305 e. The van der Waals surface area contributed by atoms with Crippen molar-refractivity contribution in [1.29, 1.82) is 0 Å². The van der Waals surface area contributed by atoms with E-state index in [0.717, 1.165) is 12.8 Å². The van der Waals surface area contributed by atoms with Gasteiger partial charge in [0.05, 0.1) is 13.2 Å². The molecule has 0 saturated carbocycles. The van der Waals surface area contributed by atoms with Gasteiger partial charge in [0, 0.05) is 0 Å². The molecule has 4 heteroatoms. The first-order chi connectivity index (χ1) is 5.91. The van der Waals surface area contributed by atoms with Crippen molar-refractivity contribution in [1.82, 2.24) is 0 Å². The van der Waals surface area contributed by atoms with Crippen LogP contribution in [0.2, 0.25) is 0 Å². The first kappa shape index (κ1) is 11.8. The van der Waals surface area contributed by atoms with Crippen LogP contribution in [0.3, 0.4) is 0 Å². The van der Waals surface area contributed by atoms with Crippen molar-refractivity contribution >= 4 is 0 Å². The summed E-state index contributed by atoms with van der Waals surface area (Å²) in [6, 6.07) is 0. The van der Waals surface area contributed by atoms with Crippen LogP contribution < -0.4 is 11.8 Å². The average Bonchev–Trinajstić information content (AvgIpc) is 2.10. The fourth-order valence-corrected chi connectivity index (χ4v) is 1.08.